The Morgan fingerprint density at radius 3 is 2.67 bits per heavy atom. The van der Waals surface area contributed by atoms with Crippen LogP contribution < -0.4 is 0 Å². The zero-order valence-electron chi connectivity index (χ0n) is 9.47. The van der Waals surface area contributed by atoms with E-state index in [9.17, 15) is 5.11 Å². The van der Waals surface area contributed by atoms with E-state index in [4.69, 9.17) is 0 Å². The van der Waals surface area contributed by atoms with Crippen LogP contribution in [0.25, 0.3) is 0 Å². The van der Waals surface area contributed by atoms with Crippen molar-refractivity contribution in [2.24, 2.45) is 0 Å². The Kier molecular flexibility index (Phi) is 5.08. The Labute approximate surface area is 95.5 Å². The quantitative estimate of drug-likeness (QED) is 0.777. The molecule has 1 rings (SSSR count). The van der Waals surface area contributed by atoms with Gasteiger partial charge in [-0.1, -0.05) is 6.07 Å². The maximum Gasteiger partial charge on any atom is 0.0960 e. The highest BCUT2D eigenvalue weighted by molar-refractivity contribution is 7.99. The summed E-state index contributed by atoms with van der Waals surface area (Å²) in [4.78, 5) is 6.43. The maximum absolute atomic E-state index is 9.31. The molecule has 0 amide bonds. The van der Waals surface area contributed by atoms with Gasteiger partial charge in [0.15, 0.2) is 0 Å². The molecule has 0 aliphatic carbocycles. The number of nitrogens with zero attached hydrogens (tertiary/aromatic N) is 2. The van der Waals surface area contributed by atoms with E-state index in [2.05, 4.69) is 24.0 Å². The van der Waals surface area contributed by atoms with E-state index in [1.807, 2.05) is 12.1 Å². The maximum atomic E-state index is 9.31. The van der Waals surface area contributed by atoms with E-state index in [-0.39, 0.29) is 0 Å². The first-order chi connectivity index (χ1) is 7.09. The fraction of sp³-hybridized carbons (Fsp3) is 0.545. The lowest BCUT2D eigenvalue weighted by Gasteiger charge is -2.08. The molecule has 84 valence electrons. The van der Waals surface area contributed by atoms with E-state index in [1.165, 1.54) is 0 Å². The third kappa shape index (κ3) is 4.64. The van der Waals surface area contributed by atoms with E-state index in [0.717, 1.165) is 22.9 Å². The van der Waals surface area contributed by atoms with Gasteiger partial charge in [0.1, 0.15) is 0 Å². The van der Waals surface area contributed by atoms with Gasteiger partial charge in [-0.05, 0) is 32.6 Å². The third-order valence-corrected chi connectivity index (χ3v) is 2.95. The number of hydrogen-bond donors (Lipinski definition) is 1. The first kappa shape index (κ1) is 12.5. The monoisotopic (exact) mass is 226 g/mol. The van der Waals surface area contributed by atoms with Crippen LogP contribution in [0.4, 0.5) is 0 Å². The molecule has 0 aliphatic heterocycles. The molecule has 0 aromatic carbocycles. The van der Waals surface area contributed by atoms with E-state index in [1.54, 1.807) is 24.9 Å². The minimum absolute atomic E-state index is 0.432. The van der Waals surface area contributed by atoms with Gasteiger partial charge in [-0.2, -0.15) is 0 Å². The van der Waals surface area contributed by atoms with Crippen molar-refractivity contribution >= 4 is 11.8 Å². The number of aliphatic hydroxyl groups is 1. The molecule has 1 heterocycles. The molecule has 1 aromatic heterocycles. The van der Waals surface area contributed by atoms with Crippen molar-refractivity contribution in [1.82, 2.24) is 9.88 Å². The van der Waals surface area contributed by atoms with Crippen LogP contribution in [0, 0.1) is 0 Å². The summed E-state index contributed by atoms with van der Waals surface area (Å²) in [6.45, 7) is 2.79. The second-order valence-corrected chi connectivity index (χ2v) is 4.87. The number of pyridine rings is 1. The van der Waals surface area contributed by atoms with Crippen LogP contribution in [0.15, 0.2) is 23.4 Å². The molecule has 4 heteroatoms. The van der Waals surface area contributed by atoms with Crippen molar-refractivity contribution in [3.05, 3.63) is 23.9 Å². The second-order valence-electron chi connectivity index (χ2n) is 3.76. The largest absolute Gasteiger partial charge is 0.389 e. The van der Waals surface area contributed by atoms with Crippen molar-refractivity contribution in [3.8, 4) is 0 Å². The van der Waals surface area contributed by atoms with Crippen LogP contribution in [0.2, 0.25) is 0 Å². The molecule has 0 saturated heterocycles. The summed E-state index contributed by atoms with van der Waals surface area (Å²) >= 11 is 1.73. The van der Waals surface area contributed by atoms with E-state index in [0.29, 0.717) is 0 Å². The Hall–Kier alpha value is -0.580. The van der Waals surface area contributed by atoms with Crippen molar-refractivity contribution in [3.63, 3.8) is 0 Å². The molecule has 1 N–H and O–H groups in total. The molecular formula is C11H18N2OS. The van der Waals surface area contributed by atoms with Gasteiger partial charge in [-0.3, -0.25) is 0 Å². The normalized spacial score (nSPS) is 13.1. The summed E-state index contributed by atoms with van der Waals surface area (Å²) in [7, 11) is 4.12. The minimum Gasteiger partial charge on any atom is -0.389 e. The zero-order chi connectivity index (χ0) is 11.3. The van der Waals surface area contributed by atoms with E-state index >= 15 is 0 Å². The average Bonchev–Trinajstić information content (AvgIpc) is 2.18. The van der Waals surface area contributed by atoms with Gasteiger partial charge in [0.25, 0.3) is 0 Å². The van der Waals surface area contributed by atoms with Crippen LogP contribution in [-0.4, -0.2) is 41.4 Å². The number of rotatable bonds is 5. The molecule has 0 aliphatic rings. The summed E-state index contributed by atoms with van der Waals surface area (Å²) in [6, 6.07) is 3.89. The number of hydrogen-bond acceptors (Lipinski definition) is 4. The van der Waals surface area contributed by atoms with Crippen LogP contribution in [0.5, 0.6) is 0 Å². The second kappa shape index (κ2) is 6.10. The van der Waals surface area contributed by atoms with E-state index < -0.39 is 6.10 Å². The molecule has 1 atom stereocenters. The summed E-state index contributed by atoms with van der Waals surface area (Å²) in [5.74, 6) is 1.04. The Morgan fingerprint density at radius 1 is 1.47 bits per heavy atom. The lowest BCUT2D eigenvalue weighted by Crippen LogP contribution is -2.14. The van der Waals surface area contributed by atoms with Crippen molar-refractivity contribution in [2.45, 2.75) is 18.1 Å². The fourth-order valence-corrected chi connectivity index (χ4v) is 2.01. The van der Waals surface area contributed by atoms with Crippen LogP contribution >= 0.6 is 11.8 Å². The number of aliphatic hydroxyl groups excluding tert-OH is 1. The van der Waals surface area contributed by atoms with Crippen LogP contribution in [-0.2, 0) is 0 Å². The Bertz CT molecular complexity index is 285. The molecule has 3 nitrogen and oxygen atoms in total. The highest BCUT2D eigenvalue weighted by atomic mass is 32.2. The van der Waals surface area contributed by atoms with Gasteiger partial charge in [0.05, 0.1) is 11.1 Å². The number of thioether (sulfide) groups is 1. The molecule has 0 spiro atoms. The van der Waals surface area contributed by atoms with Crippen LogP contribution in [0.3, 0.4) is 0 Å². The smallest absolute Gasteiger partial charge is 0.0960 e. The standard InChI is InChI=1S/C11H18N2OS/c1-9(14)10-4-5-11(12-8-10)15-7-6-13(2)3/h4-5,8-9,14H,6-7H2,1-3H3. The highest BCUT2D eigenvalue weighted by Gasteiger charge is 2.01. The highest BCUT2D eigenvalue weighted by Crippen LogP contribution is 2.17. The Balaban J connectivity index is 2.43. The average molecular weight is 226 g/mol. The topological polar surface area (TPSA) is 36.4 Å². The fourth-order valence-electron chi connectivity index (χ4n) is 1.06. The minimum atomic E-state index is -0.432. The SMILES string of the molecule is CC(O)c1ccc(SCCN(C)C)nc1. The molecule has 0 fully saturated rings. The van der Waals surface area contributed by atoms with Gasteiger partial charge in [-0.25, -0.2) is 4.98 Å². The third-order valence-electron chi connectivity index (χ3n) is 2.03. The van der Waals surface area contributed by atoms with Gasteiger partial charge in [-0.15, -0.1) is 11.8 Å². The summed E-state index contributed by atoms with van der Waals surface area (Å²) in [5, 5.41) is 10.3. The predicted octanol–water partition coefficient (Wildman–Crippen LogP) is 1.79. The van der Waals surface area contributed by atoms with Crippen molar-refractivity contribution < 1.29 is 5.11 Å². The van der Waals surface area contributed by atoms with Gasteiger partial charge >= 0.3 is 0 Å². The molecule has 0 saturated carbocycles. The molecule has 15 heavy (non-hydrogen) atoms. The molecular weight excluding hydrogens is 208 g/mol. The molecule has 1 aromatic rings. The molecule has 0 radical (unpaired) electrons. The van der Waals surface area contributed by atoms with Gasteiger partial charge in [0.2, 0.25) is 0 Å². The first-order valence-electron chi connectivity index (χ1n) is 5.01. The zero-order valence-corrected chi connectivity index (χ0v) is 10.3. The number of aromatic nitrogens is 1. The van der Waals surface area contributed by atoms with Crippen molar-refractivity contribution in [2.75, 3.05) is 26.4 Å². The van der Waals surface area contributed by atoms with Gasteiger partial charge < -0.3 is 10.0 Å². The van der Waals surface area contributed by atoms with Crippen LogP contribution in [0.1, 0.15) is 18.6 Å². The first-order valence-corrected chi connectivity index (χ1v) is 5.99. The summed E-state index contributed by atoms with van der Waals surface area (Å²) < 4.78 is 0. The van der Waals surface area contributed by atoms with Gasteiger partial charge in [0, 0.05) is 18.5 Å². The summed E-state index contributed by atoms with van der Waals surface area (Å²) in [6.07, 6.45) is 1.31. The molecule has 0 bridgehead atoms. The van der Waals surface area contributed by atoms with Crippen molar-refractivity contribution in [1.29, 1.82) is 0 Å². The Morgan fingerprint density at radius 2 is 2.20 bits per heavy atom. The predicted molar refractivity (Wildman–Crippen MR) is 64.1 cm³/mol. The lowest BCUT2D eigenvalue weighted by atomic mass is 10.2. The summed E-state index contributed by atoms with van der Waals surface area (Å²) in [5.41, 5.74) is 0.868. The lowest BCUT2D eigenvalue weighted by molar-refractivity contribution is 0.198. The molecule has 1 unspecified atom stereocenters.